The summed E-state index contributed by atoms with van der Waals surface area (Å²) >= 11 is 3.42. The molecule has 0 aliphatic rings. The van der Waals surface area contributed by atoms with Crippen LogP contribution < -0.4 is 5.73 Å². The van der Waals surface area contributed by atoms with Gasteiger partial charge in [0.05, 0.1) is 11.4 Å². The van der Waals surface area contributed by atoms with Gasteiger partial charge in [0.1, 0.15) is 11.7 Å². The van der Waals surface area contributed by atoms with E-state index in [4.69, 9.17) is 10.8 Å². The minimum Gasteiger partial charge on any atom is -0.480 e. The predicted molar refractivity (Wildman–Crippen MR) is 92.4 cm³/mol. The first-order valence-electron chi connectivity index (χ1n) is 7.17. The molecule has 3 rings (SSSR count). The Kier molecular flexibility index (Phi) is 4.19. The number of carboxylic acids is 1. The monoisotopic (exact) mass is 373 g/mol. The maximum absolute atomic E-state index is 11.1. The van der Waals surface area contributed by atoms with Crippen molar-refractivity contribution in [2.75, 3.05) is 0 Å². The fourth-order valence-electron chi connectivity index (χ4n) is 2.53. The van der Waals surface area contributed by atoms with Gasteiger partial charge in [0.15, 0.2) is 0 Å². The summed E-state index contributed by atoms with van der Waals surface area (Å²) in [5.74, 6) is -1.02. The molecule has 5 nitrogen and oxygen atoms in total. The SMILES string of the molecule is Cc1ccn2c(CC(N)C(=O)O)c(-c3ccc(Br)cc3)nc2c1. The fraction of sp³-hybridized carbons (Fsp3) is 0.176. The number of aryl methyl sites for hydroxylation is 1. The number of carboxylic acid groups (broad SMARTS) is 1. The zero-order chi connectivity index (χ0) is 16.6. The van der Waals surface area contributed by atoms with E-state index in [1.54, 1.807) is 0 Å². The van der Waals surface area contributed by atoms with Gasteiger partial charge in [-0.25, -0.2) is 4.98 Å². The van der Waals surface area contributed by atoms with Crippen molar-refractivity contribution >= 4 is 27.5 Å². The Morgan fingerprint density at radius 1 is 1.35 bits per heavy atom. The lowest BCUT2D eigenvalue weighted by Gasteiger charge is -2.09. The molecule has 0 fully saturated rings. The zero-order valence-electron chi connectivity index (χ0n) is 12.5. The molecule has 1 aromatic carbocycles. The van der Waals surface area contributed by atoms with Crippen LogP contribution in [0, 0.1) is 6.92 Å². The van der Waals surface area contributed by atoms with Crippen LogP contribution in [-0.4, -0.2) is 26.5 Å². The van der Waals surface area contributed by atoms with Crippen LogP contribution in [-0.2, 0) is 11.2 Å². The Morgan fingerprint density at radius 2 is 2.04 bits per heavy atom. The number of fused-ring (bicyclic) bond motifs is 1. The molecular weight excluding hydrogens is 358 g/mol. The summed E-state index contributed by atoms with van der Waals surface area (Å²) in [6.45, 7) is 2.00. The van der Waals surface area contributed by atoms with Crippen molar-refractivity contribution in [3.8, 4) is 11.3 Å². The van der Waals surface area contributed by atoms with E-state index < -0.39 is 12.0 Å². The topological polar surface area (TPSA) is 80.6 Å². The minimum atomic E-state index is -1.02. The number of pyridine rings is 1. The number of nitrogens with zero attached hydrogens (tertiary/aromatic N) is 2. The Balaban J connectivity index is 2.18. The number of hydrogen-bond donors (Lipinski definition) is 2. The van der Waals surface area contributed by atoms with Crippen LogP contribution in [0.15, 0.2) is 47.1 Å². The third-order valence-corrected chi connectivity index (χ3v) is 4.26. The summed E-state index contributed by atoms with van der Waals surface area (Å²) in [5.41, 5.74) is 10.1. The average Bonchev–Trinajstić information content (AvgIpc) is 2.85. The molecule has 6 heteroatoms. The van der Waals surface area contributed by atoms with Gasteiger partial charge in [-0.3, -0.25) is 4.79 Å². The van der Waals surface area contributed by atoms with Gasteiger partial charge in [-0.05, 0) is 36.8 Å². The van der Waals surface area contributed by atoms with Crippen LogP contribution >= 0.6 is 15.9 Å². The smallest absolute Gasteiger partial charge is 0.320 e. The van der Waals surface area contributed by atoms with E-state index in [0.29, 0.717) is 0 Å². The van der Waals surface area contributed by atoms with Crippen LogP contribution in [0.5, 0.6) is 0 Å². The number of aliphatic carboxylic acids is 1. The van der Waals surface area contributed by atoms with Gasteiger partial charge in [-0.1, -0.05) is 28.1 Å². The molecule has 0 spiro atoms. The molecule has 0 aliphatic carbocycles. The van der Waals surface area contributed by atoms with Crippen molar-refractivity contribution in [3.63, 3.8) is 0 Å². The lowest BCUT2D eigenvalue weighted by Crippen LogP contribution is -2.32. The summed E-state index contributed by atoms with van der Waals surface area (Å²) in [6, 6.07) is 10.7. The zero-order valence-corrected chi connectivity index (χ0v) is 14.1. The Bertz CT molecular complexity index is 871. The van der Waals surface area contributed by atoms with Crippen molar-refractivity contribution in [3.05, 3.63) is 58.3 Å². The molecule has 0 saturated carbocycles. The summed E-state index contributed by atoms with van der Waals surface area (Å²) in [6.07, 6.45) is 2.12. The highest BCUT2D eigenvalue weighted by Crippen LogP contribution is 2.27. The molecule has 3 N–H and O–H groups in total. The van der Waals surface area contributed by atoms with E-state index in [9.17, 15) is 4.79 Å². The number of halogens is 1. The molecule has 0 amide bonds. The highest BCUT2D eigenvalue weighted by molar-refractivity contribution is 9.10. The number of imidazole rings is 1. The summed E-state index contributed by atoms with van der Waals surface area (Å²) < 4.78 is 2.89. The lowest BCUT2D eigenvalue weighted by molar-refractivity contribution is -0.138. The van der Waals surface area contributed by atoms with Crippen LogP contribution in [0.2, 0.25) is 0 Å². The molecule has 0 aliphatic heterocycles. The molecule has 2 heterocycles. The van der Waals surface area contributed by atoms with Crippen LogP contribution in [0.25, 0.3) is 16.9 Å². The van der Waals surface area contributed by atoms with E-state index in [2.05, 4.69) is 20.9 Å². The Hall–Kier alpha value is -2.18. The number of benzene rings is 1. The quantitative estimate of drug-likeness (QED) is 0.736. The molecule has 0 saturated heterocycles. The highest BCUT2D eigenvalue weighted by Gasteiger charge is 2.20. The summed E-state index contributed by atoms with van der Waals surface area (Å²) in [5, 5.41) is 9.13. The summed E-state index contributed by atoms with van der Waals surface area (Å²) in [4.78, 5) is 15.8. The van der Waals surface area contributed by atoms with E-state index in [-0.39, 0.29) is 6.42 Å². The first-order chi connectivity index (χ1) is 11.0. The van der Waals surface area contributed by atoms with E-state index in [1.165, 1.54) is 0 Å². The number of nitrogens with two attached hydrogens (primary N) is 1. The molecule has 1 atom stereocenters. The third kappa shape index (κ3) is 3.13. The second-order valence-corrected chi connectivity index (χ2v) is 6.41. The van der Waals surface area contributed by atoms with Gasteiger partial charge in [-0.2, -0.15) is 0 Å². The number of aromatic nitrogens is 2. The average molecular weight is 374 g/mol. The summed E-state index contributed by atoms with van der Waals surface area (Å²) in [7, 11) is 0. The molecule has 3 aromatic rings. The fourth-order valence-corrected chi connectivity index (χ4v) is 2.79. The van der Waals surface area contributed by atoms with E-state index >= 15 is 0 Å². The number of hydrogen-bond acceptors (Lipinski definition) is 3. The van der Waals surface area contributed by atoms with Gasteiger partial charge in [0.25, 0.3) is 0 Å². The second-order valence-electron chi connectivity index (χ2n) is 5.50. The van der Waals surface area contributed by atoms with Crippen LogP contribution in [0.1, 0.15) is 11.3 Å². The van der Waals surface area contributed by atoms with Gasteiger partial charge >= 0.3 is 5.97 Å². The van der Waals surface area contributed by atoms with E-state index in [1.807, 2.05) is 53.9 Å². The first-order valence-corrected chi connectivity index (χ1v) is 7.97. The van der Waals surface area contributed by atoms with Crippen molar-refractivity contribution in [1.29, 1.82) is 0 Å². The van der Waals surface area contributed by atoms with Crippen molar-refractivity contribution in [2.24, 2.45) is 5.73 Å². The molecule has 0 bridgehead atoms. The van der Waals surface area contributed by atoms with E-state index in [0.717, 1.165) is 32.6 Å². The van der Waals surface area contributed by atoms with Crippen molar-refractivity contribution < 1.29 is 9.90 Å². The molecule has 118 valence electrons. The molecule has 1 unspecified atom stereocenters. The predicted octanol–water partition coefficient (Wildman–Crippen LogP) is 3.03. The van der Waals surface area contributed by atoms with Gasteiger partial charge < -0.3 is 15.2 Å². The molecular formula is C17H16BrN3O2. The van der Waals surface area contributed by atoms with Crippen LogP contribution in [0.3, 0.4) is 0 Å². The highest BCUT2D eigenvalue weighted by atomic mass is 79.9. The Morgan fingerprint density at radius 3 is 2.70 bits per heavy atom. The third-order valence-electron chi connectivity index (χ3n) is 3.73. The molecule has 2 aromatic heterocycles. The number of rotatable bonds is 4. The van der Waals surface area contributed by atoms with Crippen LogP contribution in [0.4, 0.5) is 0 Å². The minimum absolute atomic E-state index is 0.213. The van der Waals surface area contributed by atoms with Gasteiger partial charge in [0, 0.05) is 22.7 Å². The normalized spacial score (nSPS) is 12.5. The first kappa shape index (κ1) is 15.7. The van der Waals surface area contributed by atoms with Crippen molar-refractivity contribution in [1.82, 2.24) is 9.38 Å². The largest absolute Gasteiger partial charge is 0.480 e. The number of carbonyl (C=O) groups is 1. The standard InChI is InChI=1S/C17H16BrN3O2/c1-10-6-7-21-14(9-13(19)17(22)23)16(20-15(21)8-10)11-2-4-12(18)5-3-11/h2-8,13H,9,19H2,1H3,(H,22,23). The maximum Gasteiger partial charge on any atom is 0.320 e. The maximum atomic E-state index is 11.1. The van der Waals surface area contributed by atoms with Gasteiger partial charge in [-0.15, -0.1) is 0 Å². The van der Waals surface area contributed by atoms with Gasteiger partial charge in [0.2, 0.25) is 0 Å². The second kappa shape index (κ2) is 6.14. The molecule has 23 heavy (non-hydrogen) atoms. The lowest BCUT2D eigenvalue weighted by atomic mass is 10.1. The Labute approximate surface area is 141 Å². The van der Waals surface area contributed by atoms with Crippen molar-refractivity contribution in [2.45, 2.75) is 19.4 Å². The molecule has 0 radical (unpaired) electrons.